The molecule has 0 saturated heterocycles. The lowest BCUT2D eigenvalue weighted by Crippen LogP contribution is -2.27. The average molecular weight is 326 g/mol. The van der Waals surface area contributed by atoms with E-state index in [2.05, 4.69) is 27.9 Å². The van der Waals surface area contributed by atoms with Crippen molar-refractivity contribution in [1.82, 2.24) is 0 Å². The Hall–Kier alpha value is -0.0000000000000000555. The molecule has 4 heteroatoms. The van der Waals surface area contributed by atoms with Gasteiger partial charge in [0, 0.05) is 9.61 Å². The number of halogens is 2. The molecule has 2 atom stereocenters. The van der Waals surface area contributed by atoms with Gasteiger partial charge < -0.3 is 10.4 Å². The number of nitrogens with one attached hydrogen (secondary N) is 1. The van der Waals surface area contributed by atoms with Crippen LogP contribution < -0.4 is 5.32 Å². The molecule has 0 aromatic heterocycles. The predicted molar refractivity (Wildman–Crippen MR) is 68.9 cm³/mol. The Kier molecular flexibility index (Phi) is 4.47. The summed E-state index contributed by atoms with van der Waals surface area (Å²) in [6.45, 7) is 3.67. The summed E-state index contributed by atoms with van der Waals surface area (Å²) in [4.78, 5) is 0. The summed E-state index contributed by atoms with van der Waals surface area (Å²) in [6.07, 6.45) is -0.399. The van der Waals surface area contributed by atoms with E-state index in [1.165, 1.54) is 0 Å². The summed E-state index contributed by atoms with van der Waals surface area (Å²) in [5.41, 5.74) is 0.868. The van der Waals surface area contributed by atoms with Crippen LogP contribution in [0.2, 0.25) is 5.02 Å². The standard InChI is InChI=1S/C10H13ClINO/c1-6(7(2)14)13-10-5-8(12)3-4-9(10)11/h3-7,13-14H,1-2H3. The maximum atomic E-state index is 9.33. The van der Waals surface area contributed by atoms with Crippen molar-refractivity contribution in [3.05, 3.63) is 26.8 Å². The van der Waals surface area contributed by atoms with Gasteiger partial charge in [0.2, 0.25) is 0 Å². The highest BCUT2D eigenvalue weighted by Gasteiger charge is 2.10. The van der Waals surface area contributed by atoms with Crippen LogP contribution in [-0.2, 0) is 0 Å². The highest BCUT2D eigenvalue weighted by molar-refractivity contribution is 14.1. The van der Waals surface area contributed by atoms with Gasteiger partial charge in [0.1, 0.15) is 0 Å². The molecule has 2 nitrogen and oxygen atoms in total. The number of anilines is 1. The zero-order valence-electron chi connectivity index (χ0n) is 8.09. The van der Waals surface area contributed by atoms with Gasteiger partial charge >= 0.3 is 0 Å². The number of hydrogen-bond acceptors (Lipinski definition) is 2. The first-order valence-corrected chi connectivity index (χ1v) is 5.86. The molecule has 0 aliphatic rings. The van der Waals surface area contributed by atoms with Crippen LogP contribution in [0.1, 0.15) is 13.8 Å². The van der Waals surface area contributed by atoms with Crippen LogP contribution in [0, 0.1) is 3.57 Å². The minimum absolute atomic E-state index is 0.00861. The zero-order chi connectivity index (χ0) is 10.7. The molecule has 0 radical (unpaired) electrons. The van der Waals surface area contributed by atoms with E-state index in [0.717, 1.165) is 9.26 Å². The van der Waals surface area contributed by atoms with Gasteiger partial charge in [-0.3, -0.25) is 0 Å². The third-order valence-electron chi connectivity index (χ3n) is 2.04. The first-order chi connectivity index (χ1) is 6.50. The lowest BCUT2D eigenvalue weighted by Gasteiger charge is -2.18. The lowest BCUT2D eigenvalue weighted by atomic mass is 10.2. The quantitative estimate of drug-likeness (QED) is 0.837. The second-order valence-corrected chi connectivity index (χ2v) is 4.95. The third kappa shape index (κ3) is 3.29. The van der Waals surface area contributed by atoms with Crippen LogP contribution in [0.4, 0.5) is 5.69 Å². The summed E-state index contributed by atoms with van der Waals surface area (Å²) in [5.74, 6) is 0. The number of benzene rings is 1. The van der Waals surface area contributed by atoms with Gasteiger partial charge in [-0.1, -0.05) is 11.6 Å². The van der Waals surface area contributed by atoms with Gasteiger partial charge in [-0.2, -0.15) is 0 Å². The molecule has 2 unspecified atom stereocenters. The molecule has 0 heterocycles. The summed E-state index contributed by atoms with van der Waals surface area (Å²) < 4.78 is 1.12. The molecule has 0 aliphatic carbocycles. The van der Waals surface area contributed by atoms with Gasteiger partial charge in [0.05, 0.1) is 16.8 Å². The minimum Gasteiger partial charge on any atom is -0.391 e. The number of aliphatic hydroxyl groups is 1. The predicted octanol–water partition coefficient (Wildman–Crippen LogP) is 3.13. The van der Waals surface area contributed by atoms with E-state index in [1.807, 2.05) is 25.1 Å². The fourth-order valence-corrected chi connectivity index (χ4v) is 1.64. The molecule has 0 bridgehead atoms. The Morgan fingerprint density at radius 2 is 2.07 bits per heavy atom. The highest BCUT2D eigenvalue weighted by atomic mass is 127. The van der Waals surface area contributed by atoms with E-state index >= 15 is 0 Å². The number of hydrogen-bond donors (Lipinski definition) is 2. The maximum absolute atomic E-state index is 9.33. The first kappa shape index (κ1) is 12.1. The van der Waals surface area contributed by atoms with Gasteiger partial charge in [-0.15, -0.1) is 0 Å². The molecule has 1 rings (SSSR count). The molecular weight excluding hydrogens is 312 g/mol. The molecule has 0 spiro atoms. The molecule has 14 heavy (non-hydrogen) atoms. The van der Waals surface area contributed by atoms with E-state index in [4.69, 9.17) is 11.6 Å². The Labute approximate surface area is 103 Å². The Balaban J connectivity index is 2.80. The van der Waals surface area contributed by atoms with Crippen molar-refractivity contribution in [3.8, 4) is 0 Å². The second-order valence-electron chi connectivity index (χ2n) is 3.30. The van der Waals surface area contributed by atoms with Crippen molar-refractivity contribution in [2.24, 2.45) is 0 Å². The summed E-state index contributed by atoms with van der Waals surface area (Å²) in [6, 6.07) is 5.74. The van der Waals surface area contributed by atoms with Crippen molar-refractivity contribution in [1.29, 1.82) is 0 Å². The van der Waals surface area contributed by atoms with E-state index < -0.39 is 6.10 Å². The van der Waals surface area contributed by atoms with Crippen LogP contribution in [0.15, 0.2) is 18.2 Å². The van der Waals surface area contributed by atoms with E-state index in [-0.39, 0.29) is 6.04 Å². The van der Waals surface area contributed by atoms with Crippen LogP contribution in [-0.4, -0.2) is 17.3 Å². The number of rotatable bonds is 3. The fraction of sp³-hybridized carbons (Fsp3) is 0.400. The summed E-state index contributed by atoms with van der Waals surface area (Å²) in [7, 11) is 0. The SMILES string of the molecule is CC(O)C(C)Nc1cc(I)ccc1Cl. The molecule has 0 saturated carbocycles. The van der Waals surface area contributed by atoms with Crippen molar-refractivity contribution < 1.29 is 5.11 Å². The lowest BCUT2D eigenvalue weighted by molar-refractivity contribution is 0.178. The first-order valence-electron chi connectivity index (χ1n) is 4.40. The molecule has 1 aromatic carbocycles. The smallest absolute Gasteiger partial charge is 0.0710 e. The van der Waals surface area contributed by atoms with E-state index in [1.54, 1.807) is 6.92 Å². The molecule has 0 aliphatic heterocycles. The normalized spacial score (nSPS) is 14.9. The van der Waals surface area contributed by atoms with E-state index in [0.29, 0.717) is 5.02 Å². The van der Waals surface area contributed by atoms with Crippen LogP contribution in [0.25, 0.3) is 0 Å². The zero-order valence-corrected chi connectivity index (χ0v) is 11.0. The topological polar surface area (TPSA) is 32.3 Å². The van der Waals surface area contributed by atoms with Gasteiger partial charge in [-0.05, 0) is 54.6 Å². The van der Waals surface area contributed by atoms with Crippen molar-refractivity contribution in [2.45, 2.75) is 26.0 Å². The Morgan fingerprint density at radius 1 is 1.43 bits per heavy atom. The molecule has 78 valence electrons. The van der Waals surface area contributed by atoms with Crippen LogP contribution >= 0.6 is 34.2 Å². The van der Waals surface area contributed by atoms with Gasteiger partial charge in [0.15, 0.2) is 0 Å². The van der Waals surface area contributed by atoms with Crippen molar-refractivity contribution in [3.63, 3.8) is 0 Å². The maximum Gasteiger partial charge on any atom is 0.0710 e. The Bertz CT molecular complexity index is 317. The van der Waals surface area contributed by atoms with Crippen LogP contribution in [0.3, 0.4) is 0 Å². The van der Waals surface area contributed by atoms with Gasteiger partial charge in [-0.25, -0.2) is 0 Å². The number of aliphatic hydroxyl groups excluding tert-OH is 1. The fourth-order valence-electron chi connectivity index (χ4n) is 0.974. The molecule has 0 amide bonds. The average Bonchev–Trinajstić information content (AvgIpc) is 2.11. The molecule has 0 fully saturated rings. The van der Waals surface area contributed by atoms with Crippen molar-refractivity contribution >= 4 is 39.9 Å². The molecule has 2 N–H and O–H groups in total. The largest absolute Gasteiger partial charge is 0.391 e. The van der Waals surface area contributed by atoms with Gasteiger partial charge in [0.25, 0.3) is 0 Å². The van der Waals surface area contributed by atoms with Crippen LogP contribution in [0.5, 0.6) is 0 Å². The summed E-state index contributed by atoms with van der Waals surface area (Å²) >= 11 is 8.22. The third-order valence-corrected chi connectivity index (χ3v) is 3.04. The molecule has 1 aromatic rings. The minimum atomic E-state index is -0.399. The second kappa shape index (κ2) is 5.19. The monoisotopic (exact) mass is 325 g/mol. The highest BCUT2D eigenvalue weighted by Crippen LogP contribution is 2.24. The Morgan fingerprint density at radius 3 is 2.64 bits per heavy atom. The van der Waals surface area contributed by atoms with Crippen molar-refractivity contribution in [2.75, 3.05) is 5.32 Å². The molecular formula is C10H13ClINO. The van der Waals surface area contributed by atoms with E-state index in [9.17, 15) is 5.11 Å². The summed E-state index contributed by atoms with van der Waals surface area (Å²) in [5, 5.41) is 13.2.